The summed E-state index contributed by atoms with van der Waals surface area (Å²) < 4.78 is 16.5. The summed E-state index contributed by atoms with van der Waals surface area (Å²) in [6.45, 7) is 3.97. The Morgan fingerprint density at radius 1 is 1.15 bits per heavy atom. The first-order valence-electron chi connectivity index (χ1n) is 9.70. The molecular weight excluding hydrogens is 383 g/mol. The fraction of sp³-hybridized carbons (Fsp3) is 0.762. The van der Waals surface area contributed by atoms with Gasteiger partial charge < -0.3 is 10.2 Å². The van der Waals surface area contributed by atoms with Gasteiger partial charge in [-0.25, -0.2) is 4.39 Å². The molecule has 0 aromatic heterocycles. The van der Waals surface area contributed by atoms with Crippen molar-refractivity contribution < 1.29 is 19.4 Å². The van der Waals surface area contributed by atoms with Crippen molar-refractivity contribution in [2.24, 2.45) is 22.7 Å². The van der Waals surface area contributed by atoms with Crippen molar-refractivity contribution in [1.82, 2.24) is 0 Å². The van der Waals surface area contributed by atoms with Gasteiger partial charge in [-0.3, -0.25) is 4.79 Å². The number of aliphatic hydroxyl groups is 2. The number of hydrogen-bond donors (Lipinski definition) is 2. The van der Waals surface area contributed by atoms with Gasteiger partial charge in [0, 0.05) is 11.3 Å². The van der Waals surface area contributed by atoms with Crippen LogP contribution in [0.4, 0.5) is 4.39 Å². The summed E-state index contributed by atoms with van der Waals surface area (Å²) in [5.41, 5.74) is -2.32. The Hall–Kier alpha value is -0.300. The minimum atomic E-state index is -1.81. The molecule has 0 bridgehead atoms. The lowest BCUT2D eigenvalue weighted by Crippen LogP contribution is -2.67. The van der Waals surface area contributed by atoms with Crippen molar-refractivity contribution in [3.8, 4) is 0 Å². The Labute approximate surface area is 169 Å². The number of thioether (sulfide) groups is 2. The van der Waals surface area contributed by atoms with E-state index in [1.54, 1.807) is 35.7 Å². The van der Waals surface area contributed by atoms with Gasteiger partial charge in [-0.15, -0.1) is 23.5 Å². The van der Waals surface area contributed by atoms with E-state index in [4.69, 9.17) is 0 Å². The Balaban J connectivity index is 1.84. The van der Waals surface area contributed by atoms with E-state index in [2.05, 4.69) is 6.92 Å². The number of aliphatic hydroxyl groups excluding tert-OH is 2. The van der Waals surface area contributed by atoms with Gasteiger partial charge in [-0.2, -0.15) is 0 Å². The summed E-state index contributed by atoms with van der Waals surface area (Å²) in [5.74, 6) is -0.424. The number of ketones is 1. The Morgan fingerprint density at radius 3 is 2.44 bits per heavy atom. The van der Waals surface area contributed by atoms with Crippen LogP contribution in [0.3, 0.4) is 0 Å². The lowest BCUT2D eigenvalue weighted by molar-refractivity contribution is -0.189. The predicted molar refractivity (Wildman–Crippen MR) is 110 cm³/mol. The van der Waals surface area contributed by atoms with Crippen LogP contribution in [0.5, 0.6) is 0 Å². The number of rotatable bonds is 2. The van der Waals surface area contributed by atoms with Gasteiger partial charge in [0.25, 0.3) is 0 Å². The second-order valence-electron chi connectivity index (χ2n) is 9.09. The number of allylic oxidation sites excluding steroid dienone is 4. The maximum Gasteiger partial charge on any atom is 0.178 e. The summed E-state index contributed by atoms with van der Waals surface area (Å²) in [4.78, 5) is 11.9. The first-order valence-corrected chi connectivity index (χ1v) is 12.1. The molecule has 1 unspecified atom stereocenters. The van der Waals surface area contributed by atoms with E-state index in [1.807, 2.05) is 19.4 Å². The SMILES string of the molecule is CSC1(SC)[C@H](O)C[C@H]2[C@@H]3CCC4=CC(=O)C=C[C@]4(C)C3(F)[C@@H](O)C[C@@]21C. The van der Waals surface area contributed by atoms with Crippen molar-refractivity contribution >= 4 is 29.3 Å². The molecule has 6 heteroatoms. The molecule has 0 aromatic rings. The summed E-state index contributed by atoms with van der Waals surface area (Å²) in [6, 6.07) is 0. The second-order valence-corrected chi connectivity index (χ2v) is 11.5. The quantitative estimate of drug-likeness (QED) is 0.677. The molecule has 0 aliphatic heterocycles. The van der Waals surface area contributed by atoms with Crippen LogP contribution < -0.4 is 0 Å². The molecule has 0 saturated heterocycles. The standard InChI is InChI=1S/C21H29FO3S2/c1-18-8-7-13(23)9-12(18)5-6-14-15-10-16(24)21(26-3,27-4)19(15,2)11-17(25)20(14,18)22/h7-9,14-17,24-25H,5-6,10-11H2,1-4H3/t14-,15-,16+,17-,18-,19-,20?/m0/s1. The molecule has 27 heavy (non-hydrogen) atoms. The predicted octanol–water partition coefficient (Wildman–Crippen LogP) is 3.75. The molecule has 0 aromatic carbocycles. The molecule has 4 aliphatic rings. The second kappa shape index (κ2) is 6.10. The number of alkyl halides is 1. The zero-order valence-electron chi connectivity index (χ0n) is 16.4. The van der Waals surface area contributed by atoms with Crippen LogP contribution in [-0.4, -0.2) is 50.5 Å². The molecule has 4 rings (SSSR count). The van der Waals surface area contributed by atoms with E-state index in [9.17, 15) is 15.0 Å². The molecule has 0 spiro atoms. The molecule has 3 saturated carbocycles. The summed E-state index contributed by atoms with van der Waals surface area (Å²) in [5, 5.41) is 22.2. The molecule has 0 radical (unpaired) electrons. The number of hydrogen-bond acceptors (Lipinski definition) is 5. The van der Waals surface area contributed by atoms with Gasteiger partial charge in [-0.1, -0.05) is 18.6 Å². The van der Waals surface area contributed by atoms with Crippen molar-refractivity contribution in [2.75, 3.05) is 12.5 Å². The smallest absolute Gasteiger partial charge is 0.178 e. The van der Waals surface area contributed by atoms with Gasteiger partial charge in [0.15, 0.2) is 11.5 Å². The highest BCUT2D eigenvalue weighted by molar-refractivity contribution is 8.17. The van der Waals surface area contributed by atoms with Gasteiger partial charge >= 0.3 is 0 Å². The maximum absolute atomic E-state index is 16.9. The summed E-state index contributed by atoms with van der Waals surface area (Å²) >= 11 is 3.29. The highest BCUT2D eigenvalue weighted by Gasteiger charge is 2.74. The average Bonchev–Trinajstić information content (AvgIpc) is 2.84. The highest BCUT2D eigenvalue weighted by atomic mass is 32.2. The fourth-order valence-electron chi connectivity index (χ4n) is 6.99. The van der Waals surface area contributed by atoms with E-state index in [0.717, 1.165) is 5.57 Å². The molecular formula is C21H29FO3S2. The Morgan fingerprint density at radius 2 is 1.81 bits per heavy atom. The Bertz CT molecular complexity index is 733. The van der Waals surface area contributed by atoms with Crippen LogP contribution in [0.2, 0.25) is 0 Å². The number of halogens is 1. The third-order valence-electron chi connectivity index (χ3n) is 8.35. The van der Waals surface area contributed by atoms with Gasteiger partial charge in [0.05, 0.1) is 16.3 Å². The van der Waals surface area contributed by atoms with Crippen molar-refractivity contribution in [2.45, 2.75) is 61.5 Å². The highest BCUT2D eigenvalue weighted by Crippen LogP contribution is 2.73. The minimum Gasteiger partial charge on any atom is -0.391 e. The lowest BCUT2D eigenvalue weighted by Gasteiger charge is -2.63. The third-order valence-corrected chi connectivity index (χ3v) is 12.0. The van der Waals surface area contributed by atoms with E-state index in [0.29, 0.717) is 25.7 Å². The average molecular weight is 413 g/mol. The molecule has 4 aliphatic carbocycles. The number of carbonyl (C=O) groups excluding carboxylic acids is 1. The van der Waals surface area contributed by atoms with Crippen LogP contribution in [0.25, 0.3) is 0 Å². The molecule has 7 atom stereocenters. The topological polar surface area (TPSA) is 57.5 Å². The molecule has 150 valence electrons. The van der Waals surface area contributed by atoms with Gasteiger partial charge in [-0.05, 0) is 68.6 Å². The van der Waals surface area contributed by atoms with Crippen LogP contribution >= 0.6 is 23.5 Å². The fourth-order valence-corrected chi connectivity index (χ4v) is 9.80. The van der Waals surface area contributed by atoms with E-state index >= 15 is 4.39 Å². The largest absolute Gasteiger partial charge is 0.391 e. The van der Waals surface area contributed by atoms with E-state index in [1.165, 1.54) is 6.08 Å². The monoisotopic (exact) mass is 412 g/mol. The zero-order chi connectivity index (χ0) is 19.8. The van der Waals surface area contributed by atoms with Crippen molar-refractivity contribution in [3.63, 3.8) is 0 Å². The van der Waals surface area contributed by atoms with Gasteiger partial charge in [0.1, 0.15) is 0 Å². The van der Waals surface area contributed by atoms with E-state index in [-0.39, 0.29) is 23.0 Å². The maximum atomic E-state index is 16.9. The van der Waals surface area contributed by atoms with Gasteiger partial charge in [0.2, 0.25) is 0 Å². The molecule has 0 heterocycles. The molecule has 2 N–H and O–H groups in total. The van der Waals surface area contributed by atoms with Crippen molar-refractivity contribution in [3.05, 3.63) is 23.8 Å². The van der Waals surface area contributed by atoms with Crippen LogP contribution in [0.1, 0.15) is 39.5 Å². The molecule has 3 nitrogen and oxygen atoms in total. The van der Waals surface area contributed by atoms with Crippen LogP contribution in [0.15, 0.2) is 23.8 Å². The van der Waals surface area contributed by atoms with Crippen molar-refractivity contribution in [1.29, 1.82) is 0 Å². The Kier molecular flexibility index (Phi) is 4.52. The van der Waals surface area contributed by atoms with Crippen LogP contribution in [0, 0.1) is 22.7 Å². The lowest BCUT2D eigenvalue weighted by atomic mass is 9.46. The summed E-state index contributed by atoms with van der Waals surface area (Å²) in [7, 11) is 0. The zero-order valence-corrected chi connectivity index (χ0v) is 18.0. The van der Waals surface area contributed by atoms with E-state index < -0.39 is 27.4 Å². The first kappa shape index (κ1) is 20.0. The summed E-state index contributed by atoms with van der Waals surface area (Å²) in [6.07, 6.45) is 9.24. The number of carbonyl (C=O) groups is 1. The molecule has 0 amide bonds. The minimum absolute atomic E-state index is 0.00482. The molecule has 3 fully saturated rings. The first-order chi connectivity index (χ1) is 12.6. The normalized spacial score (nSPS) is 50.6. The van der Waals surface area contributed by atoms with Crippen LogP contribution in [-0.2, 0) is 4.79 Å². The third kappa shape index (κ3) is 2.16. The number of fused-ring (bicyclic) bond motifs is 5.